The molecule has 0 amide bonds. The Labute approximate surface area is 127 Å². The Morgan fingerprint density at radius 1 is 1.30 bits per heavy atom. The van der Waals surface area contributed by atoms with E-state index in [4.69, 9.17) is 0 Å². The highest BCUT2D eigenvalue weighted by Gasteiger charge is 2.21. The molecule has 0 radical (unpaired) electrons. The summed E-state index contributed by atoms with van der Waals surface area (Å²) in [6.45, 7) is 4.69. The first-order valence-electron chi connectivity index (χ1n) is 7.24. The van der Waals surface area contributed by atoms with E-state index in [2.05, 4.69) is 17.0 Å². The van der Waals surface area contributed by atoms with Gasteiger partial charge in [-0.3, -0.25) is 0 Å². The van der Waals surface area contributed by atoms with Gasteiger partial charge < -0.3 is 5.32 Å². The highest BCUT2D eigenvalue weighted by atomic mass is 32.2. The molecule has 0 aliphatic carbocycles. The van der Waals surface area contributed by atoms with E-state index in [1.165, 1.54) is 30.6 Å². The minimum atomic E-state index is -3.39. The predicted octanol–water partition coefficient (Wildman–Crippen LogP) is 3.10. The van der Waals surface area contributed by atoms with Crippen LogP contribution in [-0.4, -0.2) is 21.5 Å². The van der Waals surface area contributed by atoms with Crippen molar-refractivity contribution in [3.8, 4) is 0 Å². The summed E-state index contributed by atoms with van der Waals surface area (Å²) in [5, 5.41) is 4.83. The van der Waals surface area contributed by atoms with Gasteiger partial charge in [0.15, 0.2) is 0 Å². The van der Waals surface area contributed by atoms with E-state index in [1.54, 1.807) is 6.07 Å². The summed E-state index contributed by atoms with van der Waals surface area (Å²) >= 11 is 1.47. The minimum absolute atomic E-state index is 0.0146. The smallest absolute Gasteiger partial charge is 0.241 e. The van der Waals surface area contributed by atoms with E-state index in [-0.39, 0.29) is 6.04 Å². The van der Waals surface area contributed by atoms with Crippen molar-refractivity contribution in [3.63, 3.8) is 0 Å². The van der Waals surface area contributed by atoms with Crippen molar-refractivity contribution >= 4 is 21.4 Å². The van der Waals surface area contributed by atoms with Crippen LogP contribution in [0.5, 0.6) is 0 Å². The molecule has 0 aromatic carbocycles. The maximum absolute atomic E-state index is 12.4. The van der Waals surface area contributed by atoms with E-state index in [9.17, 15) is 8.42 Å². The third kappa shape index (κ3) is 5.52. The molecule has 2 N–H and O–H groups in total. The van der Waals surface area contributed by atoms with Crippen LogP contribution in [0.1, 0.15) is 50.8 Å². The van der Waals surface area contributed by atoms with Gasteiger partial charge in [0.25, 0.3) is 0 Å². The van der Waals surface area contributed by atoms with Crippen LogP contribution in [0, 0.1) is 0 Å². The van der Waals surface area contributed by atoms with Crippen molar-refractivity contribution in [2.45, 2.75) is 63.4 Å². The number of unbranched alkanes of at least 4 members (excludes halogenated alkanes) is 3. The van der Waals surface area contributed by atoms with Crippen LogP contribution < -0.4 is 10.0 Å². The van der Waals surface area contributed by atoms with Gasteiger partial charge in [0.2, 0.25) is 10.0 Å². The molecule has 1 aromatic heterocycles. The first kappa shape index (κ1) is 17.6. The van der Waals surface area contributed by atoms with Crippen LogP contribution >= 0.6 is 11.3 Å². The van der Waals surface area contributed by atoms with Gasteiger partial charge in [0.1, 0.15) is 0 Å². The van der Waals surface area contributed by atoms with Gasteiger partial charge in [-0.15, -0.1) is 11.3 Å². The lowest BCUT2D eigenvalue weighted by atomic mass is 10.1. The largest absolute Gasteiger partial charge is 0.315 e. The number of thiophene rings is 1. The molecule has 1 rings (SSSR count). The van der Waals surface area contributed by atoms with E-state index < -0.39 is 10.0 Å². The van der Waals surface area contributed by atoms with Crippen LogP contribution in [0.3, 0.4) is 0 Å². The zero-order valence-corrected chi connectivity index (χ0v) is 14.2. The van der Waals surface area contributed by atoms with Crippen molar-refractivity contribution in [2.75, 3.05) is 7.05 Å². The normalized spacial score (nSPS) is 13.6. The molecule has 0 saturated carbocycles. The van der Waals surface area contributed by atoms with Crippen molar-refractivity contribution in [3.05, 3.63) is 16.3 Å². The molecular weight excluding hydrogens is 292 g/mol. The Hall–Kier alpha value is -0.430. The summed E-state index contributed by atoms with van der Waals surface area (Å²) in [6, 6.07) is 1.67. The third-order valence-electron chi connectivity index (χ3n) is 3.18. The summed E-state index contributed by atoms with van der Waals surface area (Å²) < 4.78 is 27.5. The van der Waals surface area contributed by atoms with Gasteiger partial charge in [-0.1, -0.05) is 32.6 Å². The lowest BCUT2D eigenvalue weighted by molar-refractivity contribution is 0.521. The Bertz CT molecular complexity index is 483. The molecular formula is C14H26N2O2S2. The van der Waals surface area contributed by atoms with E-state index >= 15 is 0 Å². The van der Waals surface area contributed by atoms with Gasteiger partial charge in [-0.05, 0) is 31.8 Å². The molecule has 0 bridgehead atoms. The second-order valence-corrected chi connectivity index (χ2v) is 7.79. The van der Waals surface area contributed by atoms with Gasteiger partial charge in [0.05, 0.1) is 4.90 Å². The molecule has 0 aliphatic heterocycles. The van der Waals surface area contributed by atoms with Gasteiger partial charge >= 0.3 is 0 Å². The van der Waals surface area contributed by atoms with Crippen LogP contribution in [0.4, 0.5) is 0 Å². The zero-order chi connectivity index (χ0) is 15.0. The van der Waals surface area contributed by atoms with E-state index in [0.29, 0.717) is 11.4 Å². The maximum atomic E-state index is 12.4. The molecule has 4 nitrogen and oxygen atoms in total. The quantitative estimate of drug-likeness (QED) is 0.652. The highest BCUT2D eigenvalue weighted by molar-refractivity contribution is 7.89. The van der Waals surface area contributed by atoms with Crippen molar-refractivity contribution in [1.29, 1.82) is 0 Å². The third-order valence-corrected chi connectivity index (χ3v) is 5.90. The Kier molecular flexibility index (Phi) is 7.72. The number of hydrogen-bond donors (Lipinski definition) is 2. The Morgan fingerprint density at radius 2 is 2.05 bits per heavy atom. The molecule has 1 unspecified atom stereocenters. The number of hydrogen-bond acceptors (Lipinski definition) is 4. The number of nitrogens with one attached hydrogen (secondary N) is 2. The number of sulfonamides is 1. The molecule has 0 spiro atoms. The van der Waals surface area contributed by atoms with Crippen molar-refractivity contribution < 1.29 is 8.42 Å². The highest BCUT2D eigenvalue weighted by Crippen LogP contribution is 2.22. The molecule has 1 atom stereocenters. The molecule has 1 heterocycles. The van der Waals surface area contributed by atoms with Crippen molar-refractivity contribution in [1.82, 2.24) is 10.0 Å². The second kappa shape index (κ2) is 8.77. The molecule has 0 saturated heterocycles. The van der Waals surface area contributed by atoms with Gasteiger partial charge in [-0.2, -0.15) is 0 Å². The molecule has 6 heteroatoms. The molecule has 20 heavy (non-hydrogen) atoms. The summed E-state index contributed by atoms with van der Waals surface area (Å²) in [5.74, 6) is 0. The van der Waals surface area contributed by atoms with Gasteiger partial charge in [-0.25, -0.2) is 13.1 Å². The molecule has 0 fully saturated rings. The average Bonchev–Trinajstić information content (AvgIpc) is 2.84. The molecule has 0 aliphatic rings. The van der Waals surface area contributed by atoms with E-state index in [0.717, 1.165) is 17.7 Å². The summed E-state index contributed by atoms with van der Waals surface area (Å²) in [7, 11) is -1.57. The lowest BCUT2D eigenvalue weighted by Crippen LogP contribution is -2.33. The fourth-order valence-electron chi connectivity index (χ4n) is 2.12. The Balaban J connectivity index is 2.58. The zero-order valence-electron chi connectivity index (χ0n) is 12.6. The average molecular weight is 319 g/mol. The predicted molar refractivity (Wildman–Crippen MR) is 85.6 cm³/mol. The van der Waals surface area contributed by atoms with Crippen LogP contribution in [0.25, 0.3) is 0 Å². The molecule has 1 aromatic rings. The SMILES string of the molecule is CCCCCCC(C)NS(=O)(=O)c1ccsc1CNC. The first-order chi connectivity index (χ1) is 9.51. The minimum Gasteiger partial charge on any atom is -0.315 e. The second-order valence-electron chi connectivity index (χ2n) is 5.11. The topological polar surface area (TPSA) is 58.2 Å². The van der Waals surface area contributed by atoms with Crippen molar-refractivity contribution in [2.24, 2.45) is 0 Å². The molecule has 116 valence electrons. The Morgan fingerprint density at radius 3 is 2.70 bits per heavy atom. The first-order valence-corrected chi connectivity index (χ1v) is 9.60. The summed E-state index contributed by atoms with van der Waals surface area (Å²) in [5.41, 5.74) is 0. The number of rotatable bonds is 10. The van der Waals surface area contributed by atoms with Crippen LogP contribution in [0.2, 0.25) is 0 Å². The standard InChI is InChI=1S/C14H26N2O2S2/c1-4-5-6-7-8-12(2)16-20(17,18)14-9-10-19-13(14)11-15-3/h9-10,12,15-16H,4-8,11H2,1-3H3. The fraction of sp³-hybridized carbons (Fsp3) is 0.714. The monoisotopic (exact) mass is 318 g/mol. The lowest BCUT2D eigenvalue weighted by Gasteiger charge is -2.14. The summed E-state index contributed by atoms with van der Waals surface area (Å²) in [4.78, 5) is 1.27. The van der Waals surface area contributed by atoms with Crippen LogP contribution in [0.15, 0.2) is 16.3 Å². The maximum Gasteiger partial charge on any atom is 0.241 e. The van der Waals surface area contributed by atoms with E-state index in [1.807, 2.05) is 19.4 Å². The summed E-state index contributed by atoms with van der Waals surface area (Å²) in [6.07, 6.45) is 5.56. The van der Waals surface area contributed by atoms with Gasteiger partial charge in [0, 0.05) is 17.5 Å². The van der Waals surface area contributed by atoms with Crippen LogP contribution in [-0.2, 0) is 16.6 Å². The fourth-order valence-corrected chi connectivity index (χ4v) is 4.86.